The quantitative estimate of drug-likeness (QED) is 0.672. The van der Waals surface area contributed by atoms with Gasteiger partial charge in [-0.2, -0.15) is 0 Å². The Kier molecular flexibility index (Phi) is 2.26. The molecule has 0 saturated heterocycles. The van der Waals surface area contributed by atoms with Gasteiger partial charge in [0, 0.05) is 36.4 Å². The smallest absolute Gasteiger partial charge is 0.212 e. The van der Waals surface area contributed by atoms with Crippen molar-refractivity contribution in [3.05, 3.63) is 49.1 Å². The highest BCUT2D eigenvalue weighted by atomic mass is 16.5. The first kappa shape index (κ1) is 9.84. The summed E-state index contributed by atoms with van der Waals surface area (Å²) in [4.78, 5) is 8.40. The fourth-order valence-electron chi connectivity index (χ4n) is 1.76. The van der Waals surface area contributed by atoms with E-state index in [0.717, 1.165) is 16.8 Å². The van der Waals surface area contributed by atoms with E-state index < -0.39 is 0 Å². The van der Waals surface area contributed by atoms with Gasteiger partial charge in [0.05, 0.1) is 7.11 Å². The van der Waals surface area contributed by atoms with Crippen LogP contribution in [0.2, 0.25) is 0 Å². The van der Waals surface area contributed by atoms with Gasteiger partial charge in [-0.15, -0.1) is 0 Å². The van der Waals surface area contributed by atoms with Gasteiger partial charge in [-0.25, -0.2) is 9.97 Å². The molecule has 0 bridgehead atoms. The number of methoxy groups -OCH3 is 1. The molecule has 3 aromatic rings. The first-order chi connectivity index (χ1) is 8.36. The van der Waals surface area contributed by atoms with Crippen LogP contribution in [0.15, 0.2) is 49.1 Å². The van der Waals surface area contributed by atoms with Gasteiger partial charge in [-0.3, -0.25) is 0 Å². The summed E-state index contributed by atoms with van der Waals surface area (Å²) in [5, 5.41) is 0. The van der Waals surface area contributed by atoms with E-state index in [9.17, 15) is 0 Å². The number of hydrogen-bond acceptors (Lipinski definition) is 3. The SMILES string of the molecule is COc1ccc(-c2ccc3nccn3c2)cn1. The number of aromatic nitrogens is 3. The highest BCUT2D eigenvalue weighted by Gasteiger charge is 2.01. The Labute approximate surface area is 98.5 Å². The topological polar surface area (TPSA) is 39.4 Å². The Balaban J connectivity index is 2.06. The highest BCUT2D eigenvalue weighted by Crippen LogP contribution is 2.20. The van der Waals surface area contributed by atoms with Gasteiger partial charge >= 0.3 is 0 Å². The summed E-state index contributed by atoms with van der Waals surface area (Å²) < 4.78 is 7.02. The lowest BCUT2D eigenvalue weighted by Gasteiger charge is -2.03. The molecule has 0 amide bonds. The molecule has 0 N–H and O–H groups in total. The maximum absolute atomic E-state index is 5.04. The van der Waals surface area contributed by atoms with Crippen LogP contribution in [0, 0.1) is 0 Å². The van der Waals surface area contributed by atoms with Crippen LogP contribution in [0.4, 0.5) is 0 Å². The molecule has 3 aromatic heterocycles. The largest absolute Gasteiger partial charge is 0.481 e. The summed E-state index contributed by atoms with van der Waals surface area (Å²) >= 11 is 0. The maximum atomic E-state index is 5.04. The fraction of sp³-hybridized carbons (Fsp3) is 0.0769. The Bertz CT molecular complexity index is 643. The van der Waals surface area contributed by atoms with Crippen molar-refractivity contribution in [3.8, 4) is 17.0 Å². The second-order valence-electron chi connectivity index (χ2n) is 3.70. The molecule has 3 rings (SSSR count). The van der Waals surface area contributed by atoms with Crippen molar-refractivity contribution in [3.63, 3.8) is 0 Å². The van der Waals surface area contributed by atoms with Crippen LogP contribution in [0.3, 0.4) is 0 Å². The van der Waals surface area contributed by atoms with E-state index in [2.05, 4.69) is 9.97 Å². The molecule has 0 aliphatic rings. The average molecular weight is 225 g/mol. The number of ether oxygens (including phenoxy) is 1. The molecule has 0 saturated carbocycles. The summed E-state index contributed by atoms with van der Waals surface area (Å²) in [6.07, 6.45) is 7.55. The number of imidazole rings is 1. The van der Waals surface area contributed by atoms with Gasteiger partial charge in [0.25, 0.3) is 0 Å². The van der Waals surface area contributed by atoms with E-state index in [1.54, 1.807) is 19.5 Å². The van der Waals surface area contributed by atoms with E-state index in [0.29, 0.717) is 5.88 Å². The summed E-state index contributed by atoms with van der Waals surface area (Å²) in [6, 6.07) is 7.86. The Morgan fingerprint density at radius 3 is 2.71 bits per heavy atom. The van der Waals surface area contributed by atoms with E-state index in [1.165, 1.54) is 0 Å². The third-order valence-corrected chi connectivity index (χ3v) is 2.67. The van der Waals surface area contributed by atoms with E-state index in [4.69, 9.17) is 4.74 Å². The van der Waals surface area contributed by atoms with Gasteiger partial charge in [0.15, 0.2) is 0 Å². The predicted molar refractivity (Wildman–Crippen MR) is 65.0 cm³/mol. The minimum atomic E-state index is 0.623. The van der Waals surface area contributed by atoms with Gasteiger partial charge < -0.3 is 9.14 Å². The molecule has 0 aliphatic carbocycles. The zero-order chi connectivity index (χ0) is 11.7. The maximum Gasteiger partial charge on any atom is 0.212 e. The molecule has 84 valence electrons. The van der Waals surface area contributed by atoms with Crippen molar-refractivity contribution in [2.45, 2.75) is 0 Å². The Morgan fingerprint density at radius 2 is 1.94 bits per heavy atom. The summed E-state index contributed by atoms with van der Waals surface area (Å²) in [6.45, 7) is 0. The molecular weight excluding hydrogens is 214 g/mol. The van der Waals surface area contributed by atoms with Gasteiger partial charge in [0.2, 0.25) is 5.88 Å². The van der Waals surface area contributed by atoms with E-state index in [-0.39, 0.29) is 0 Å². The van der Waals surface area contributed by atoms with Crippen molar-refractivity contribution < 1.29 is 4.74 Å². The minimum absolute atomic E-state index is 0.623. The van der Waals surface area contributed by atoms with Crippen molar-refractivity contribution in [1.29, 1.82) is 0 Å². The molecule has 0 aliphatic heterocycles. The number of hydrogen-bond donors (Lipinski definition) is 0. The normalized spacial score (nSPS) is 10.6. The zero-order valence-corrected chi connectivity index (χ0v) is 9.37. The van der Waals surface area contributed by atoms with Crippen LogP contribution < -0.4 is 4.74 Å². The van der Waals surface area contributed by atoms with Crippen LogP contribution in [-0.4, -0.2) is 21.5 Å². The van der Waals surface area contributed by atoms with E-state index in [1.807, 2.05) is 41.1 Å². The van der Waals surface area contributed by atoms with Crippen LogP contribution >= 0.6 is 0 Å². The number of fused-ring (bicyclic) bond motifs is 1. The van der Waals surface area contributed by atoms with Crippen LogP contribution in [-0.2, 0) is 0 Å². The molecule has 4 heteroatoms. The number of rotatable bonds is 2. The first-order valence-corrected chi connectivity index (χ1v) is 5.30. The summed E-state index contributed by atoms with van der Waals surface area (Å²) in [5.74, 6) is 0.623. The highest BCUT2D eigenvalue weighted by molar-refractivity contribution is 5.63. The number of pyridine rings is 2. The molecule has 0 aromatic carbocycles. The molecule has 0 atom stereocenters. The predicted octanol–water partition coefficient (Wildman–Crippen LogP) is 2.40. The third kappa shape index (κ3) is 1.73. The second kappa shape index (κ2) is 3.90. The Hall–Kier alpha value is -2.36. The molecule has 0 spiro atoms. The lowest BCUT2D eigenvalue weighted by Crippen LogP contribution is -1.89. The Morgan fingerprint density at radius 1 is 1.06 bits per heavy atom. The van der Waals surface area contributed by atoms with Gasteiger partial charge in [0.1, 0.15) is 5.65 Å². The van der Waals surface area contributed by atoms with Crippen molar-refractivity contribution in [2.75, 3.05) is 7.11 Å². The molecule has 4 nitrogen and oxygen atoms in total. The van der Waals surface area contributed by atoms with Gasteiger partial charge in [-0.1, -0.05) is 0 Å². The molecular formula is C13H11N3O. The molecule has 0 fully saturated rings. The standard InChI is InChI=1S/C13H11N3O/c1-17-13-5-3-10(8-15-13)11-2-4-12-14-6-7-16(12)9-11/h2-9H,1H3. The summed E-state index contributed by atoms with van der Waals surface area (Å²) in [7, 11) is 1.61. The van der Waals surface area contributed by atoms with Gasteiger partial charge in [-0.05, 0) is 23.8 Å². The van der Waals surface area contributed by atoms with Crippen molar-refractivity contribution in [1.82, 2.24) is 14.4 Å². The van der Waals surface area contributed by atoms with E-state index >= 15 is 0 Å². The molecule has 0 radical (unpaired) electrons. The van der Waals surface area contributed by atoms with Crippen LogP contribution in [0.25, 0.3) is 16.8 Å². The molecule has 0 unspecified atom stereocenters. The minimum Gasteiger partial charge on any atom is -0.481 e. The summed E-state index contributed by atoms with van der Waals surface area (Å²) in [5.41, 5.74) is 3.10. The first-order valence-electron chi connectivity index (χ1n) is 5.30. The lowest BCUT2D eigenvalue weighted by molar-refractivity contribution is 0.398. The fourth-order valence-corrected chi connectivity index (χ4v) is 1.76. The zero-order valence-electron chi connectivity index (χ0n) is 9.37. The number of nitrogens with zero attached hydrogens (tertiary/aromatic N) is 3. The van der Waals surface area contributed by atoms with Crippen LogP contribution in [0.1, 0.15) is 0 Å². The second-order valence-corrected chi connectivity index (χ2v) is 3.70. The van der Waals surface area contributed by atoms with Crippen LogP contribution in [0.5, 0.6) is 5.88 Å². The molecule has 17 heavy (non-hydrogen) atoms. The van der Waals surface area contributed by atoms with Crippen molar-refractivity contribution >= 4 is 5.65 Å². The third-order valence-electron chi connectivity index (χ3n) is 2.67. The molecule has 3 heterocycles. The van der Waals surface area contributed by atoms with Crippen molar-refractivity contribution in [2.24, 2.45) is 0 Å². The monoisotopic (exact) mass is 225 g/mol. The lowest BCUT2D eigenvalue weighted by atomic mass is 10.1. The average Bonchev–Trinajstić information content (AvgIpc) is 2.86.